The van der Waals surface area contributed by atoms with Crippen molar-refractivity contribution in [3.8, 4) is 0 Å². The van der Waals surface area contributed by atoms with E-state index in [1.807, 2.05) is 13.0 Å². The highest BCUT2D eigenvalue weighted by atomic mass is 19.1. The van der Waals surface area contributed by atoms with Crippen LogP contribution in [0, 0.1) is 11.7 Å². The monoisotopic (exact) mass is 264 g/mol. The molecule has 0 amide bonds. The van der Waals surface area contributed by atoms with Gasteiger partial charge in [0.2, 0.25) is 0 Å². The Morgan fingerprint density at radius 1 is 1.32 bits per heavy atom. The van der Waals surface area contributed by atoms with Crippen LogP contribution in [0.25, 0.3) is 0 Å². The van der Waals surface area contributed by atoms with Crippen LogP contribution < -0.4 is 5.73 Å². The molecule has 1 heterocycles. The van der Waals surface area contributed by atoms with Gasteiger partial charge in [0.25, 0.3) is 0 Å². The van der Waals surface area contributed by atoms with E-state index in [-0.39, 0.29) is 17.9 Å². The van der Waals surface area contributed by atoms with Crippen molar-refractivity contribution in [3.63, 3.8) is 0 Å². The second kappa shape index (κ2) is 6.49. The molecule has 19 heavy (non-hydrogen) atoms. The van der Waals surface area contributed by atoms with Crippen LogP contribution in [0.2, 0.25) is 0 Å². The highest BCUT2D eigenvalue weighted by Gasteiger charge is 2.26. The smallest absolute Gasteiger partial charge is 0.123 e. The Morgan fingerprint density at radius 2 is 2.11 bits per heavy atom. The van der Waals surface area contributed by atoms with Gasteiger partial charge >= 0.3 is 0 Å². The molecule has 1 saturated heterocycles. The average Bonchev–Trinajstić information content (AvgIpc) is 2.55. The zero-order valence-electron chi connectivity index (χ0n) is 12.0. The Morgan fingerprint density at radius 3 is 2.79 bits per heavy atom. The minimum Gasteiger partial charge on any atom is -0.326 e. The molecule has 106 valence electrons. The molecule has 1 fully saturated rings. The number of benzene rings is 1. The fourth-order valence-electron chi connectivity index (χ4n) is 3.10. The molecule has 3 atom stereocenters. The van der Waals surface area contributed by atoms with E-state index < -0.39 is 0 Å². The van der Waals surface area contributed by atoms with Gasteiger partial charge in [0.1, 0.15) is 5.82 Å². The third-order valence-corrected chi connectivity index (χ3v) is 4.13. The zero-order chi connectivity index (χ0) is 13.8. The molecule has 1 aliphatic heterocycles. The number of halogens is 1. The van der Waals surface area contributed by atoms with Crippen molar-refractivity contribution in [1.82, 2.24) is 4.90 Å². The van der Waals surface area contributed by atoms with Crippen molar-refractivity contribution >= 4 is 0 Å². The number of hydrogen-bond donors (Lipinski definition) is 1. The Hall–Kier alpha value is -0.930. The molecule has 0 spiro atoms. The van der Waals surface area contributed by atoms with E-state index in [9.17, 15) is 4.39 Å². The summed E-state index contributed by atoms with van der Waals surface area (Å²) < 4.78 is 13.4. The van der Waals surface area contributed by atoms with Crippen LogP contribution in [0.15, 0.2) is 24.3 Å². The Bertz CT molecular complexity index is 405. The van der Waals surface area contributed by atoms with Crippen LogP contribution in [-0.4, -0.2) is 24.0 Å². The molecular weight excluding hydrogens is 239 g/mol. The van der Waals surface area contributed by atoms with Gasteiger partial charge in [0.05, 0.1) is 0 Å². The van der Waals surface area contributed by atoms with Gasteiger partial charge in [-0.25, -0.2) is 4.39 Å². The minimum atomic E-state index is -0.175. The minimum absolute atomic E-state index is 0.00945. The summed E-state index contributed by atoms with van der Waals surface area (Å²) in [6.45, 7) is 6.45. The standard InChI is InChI=1S/C16H25FN2/c1-12-5-4-9-19(10-8-12)16(13(2)18)14-6-3-7-15(17)11-14/h3,6-7,11-13,16H,4-5,8-10,18H2,1-2H3. The van der Waals surface area contributed by atoms with E-state index in [4.69, 9.17) is 5.73 Å². The van der Waals surface area contributed by atoms with Crippen molar-refractivity contribution in [1.29, 1.82) is 0 Å². The molecule has 3 unspecified atom stereocenters. The van der Waals surface area contributed by atoms with Gasteiger partial charge in [-0.15, -0.1) is 0 Å². The SMILES string of the molecule is CC1CCCN(C(c2cccc(F)c2)C(C)N)CC1. The quantitative estimate of drug-likeness (QED) is 0.907. The van der Waals surface area contributed by atoms with Crippen molar-refractivity contribution in [2.75, 3.05) is 13.1 Å². The Kier molecular flexibility index (Phi) is 4.94. The van der Waals surface area contributed by atoms with E-state index in [0.717, 1.165) is 24.6 Å². The van der Waals surface area contributed by atoms with Gasteiger partial charge in [-0.2, -0.15) is 0 Å². The first kappa shape index (κ1) is 14.5. The van der Waals surface area contributed by atoms with Crippen LogP contribution in [0.1, 0.15) is 44.7 Å². The zero-order valence-corrected chi connectivity index (χ0v) is 12.0. The predicted octanol–water partition coefficient (Wildman–Crippen LogP) is 3.34. The maximum atomic E-state index is 13.4. The number of hydrogen-bond acceptors (Lipinski definition) is 2. The lowest BCUT2D eigenvalue weighted by Crippen LogP contribution is -2.40. The lowest BCUT2D eigenvalue weighted by Gasteiger charge is -2.34. The molecular formula is C16H25FN2. The van der Waals surface area contributed by atoms with E-state index in [0.29, 0.717) is 0 Å². The molecule has 0 aliphatic carbocycles. The summed E-state index contributed by atoms with van der Waals surface area (Å²) in [4.78, 5) is 2.43. The maximum absolute atomic E-state index is 13.4. The van der Waals surface area contributed by atoms with E-state index in [2.05, 4.69) is 11.8 Å². The van der Waals surface area contributed by atoms with Crippen LogP contribution >= 0.6 is 0 Å². The third kappa shape index (κ3) is 3.77. The summed E-state index contributed by atoms with van der Waals surface area (Å²) in [5.74, 6) is 0.609. The first-order valence-electron chi connectivity index (χ1n) is 7.33. The molecule has 0 saturated carbocycles. The second-order valence-corrected chi connectivity index (χ2v) is 5.93. The third-order valence-electron chi connectivity index (χ3n) is 4.13. The second-order valence-electron chi connectivity index (χ2n) is 5.93. The number of nitrogens with two attached hydrogens (primary N) is 1. The van der Waals surface area contributed by atoms with Crippen molar-refractivity contribution < 1.29 is 4.39 Å². The van der Waals surface area contributed by atoms with Gasteiger partial charge < -0.3 is 5.73 Å². The maximum Gasteiger partial charge on any atom is 0.123 e. The van der Waals surface area contributed by atoms with Gasteiger partial charge in [0.15, 0.2) is 0 Å². The summed E-state index contributed by atoms with van der Waals surface area (Å²) in [7, 11) is 0. The van der Waals surface area contributed by atoms with E-state index in [1.54, 1.807) is 12.1 Å². The molecule has 1 aliphatic rings. The average molecular weight is 264 g/mol. The van der Waals surface area contributed by atoms with Crippen molar-refractivity contribution in [2.24, 2.45) is 11.7 Å². The summed E-state index contributed by atoms with van der Waals surface area (Å²) in [5.41, 5.74) is 7.18. The van der Waals surface area contributed by atoms with Crippen molar-refractivity contribution in [3.05, 3.63) is 35.6 Å². The highest BCUT2D eigenvalue weighted by molar-refractivity contribution is 5.21. The number of likely N-dealkylation sites (tertiary alicyclic amines) is 1. The van der Waals surface area contributed by atoms with Crippen LogP contribution in [0.5, 0.6) is 0 Å². The number of rotatable bonds is 3. The molecule has 3 heteroatoms. The number of nitrogens with zero attached hydrogens (tertiary/aromatic N) is 1. The summed E-state index contributed by atoms with van der Waals surface area (Å²) in [5, 5.41) is 0. The normalized spacial score (nSPS) is 24.7. The van der Waals surface area contributed by atoms with Crippen LogP contribution in [0.4, 0.5) is 4.39 Å². The summed E-state index contributed by atoms with van der Waals surface area (Å²) >= 11 is 0. The Labute approximate surface area is 115 Å². The first-order valence-corrected chi connectivity index (χ1v) is 7.33. The largest absolute Gasteiger partial charge is 0.326 e. The molecule has 1 aromatic rings. The predicted molar refractivity (Wildman–Crippen MR) is 77.4 cm³/mol. The van der Waals surface area contributed by atoms with E-state index in [1.165, 1.54) is 25.3 Å². The fraction of sp³-hybridized carbons (Fsp3) is 0.625. The fourth-order valence-corrected chi connectivity index (χ4v) is 3.10. The van der Waals surface area contributed by atoms with Gasteiger partial charge in [-0.1, -0.05) is 19.1 Å². The Balaban J connectivity index is 2.20. The topological polar surface area (TPSA) is 29.3 Å². The molecule has 0 radical (unpaired) electrons. The molecule has 2 N–H and O–H groups in total. The van der Waals surface area contributed by atoms with E-state index >= 15 is 0 Å². The summed E-state index contributed by atoms with van der Waals surface area (Å²) in [6, 6.07) is 7.02. The van der Waals surface area contributed by atoms with Gasteiger partial charge in [-0.3, -0.25) is 4.90 Å². The first-order chi connectivity index (χ1) is 9.08. The molecule has 0 aromatic heterocycles. The van der Waals surface area contributed by atoms with Crippen molar-refractivity contribution in [2.45, 2.75) is 45.2 Å². The molecule has 2 rings (SSSR count). The van der Waals surface area contributed by atoms with Gasteiger partial charge in [-0.05, 0) is 62.9 Å². The lowest BCUT2D eigenvalue weighted by molar-refractivity contribution is 0.181. The highest BCUT2D eigenvalue weighted by Crippen LogP contribution is 2.28. The summed E-state index contributed by atoms with van der Waals surface area (Å²) in [6.07, 6.45) is 3.70. The van der Waals surface area contributed by atoms with Gasteiger partial charge in [0, 0.05) is 12.1 Å². The van der Waals surface area contributed by atoms with Crippen LogP contribution in [0.3, 0.4) is 0 Å². The molecule has 0 bridgehead atoms. The van der Waals surface area contributed by atoms with Crippen LogP contribution in [-0.2, 0) is 0 Å². The molecule has 1 aromatic carbocycles. The lowest BCUT2D eigenvalue weighted by atomic mass is 9.98. The molecule has 2 nitrogen and oxygen atoms in total.